The Morgan fingerprint density at radius 1 is 1.19 bits per heavy atom. The number of hydrogen-bond donors (Lipinski definition) is 1. The van der Waals surface area contributed by atoms with E-state index in [4.69, 9.17) is 14.7 Å². The summed E-state index contributed by atoms with van der Waals surface area (Å²) in [6, 6.07) is 9.93. The van der Waals surface area contributed by atoms with Gasteiger partial charge in [-0.05, 0) is 18.4 Å². The van der Waals surface area contributed by atoms with E-state index in [0.29, 0.717) is 0 Å². The Bertz CT molecular complexity index is 318. The smallest absolute Gasteiger partial charge is 0.373 e. The zero-order valence-electron chi connectivity index (χ0n) is 8.59. The average molecular weight is 245 g/mol. The van der Waals surface area contributed by atoms with Crippen molar-refractivity contribution in [2.45, 2.75) is 19.3 Å². The van der Waals surface area contributed by atoms with Crippen LogP contribution in [0.25, 0.3) is 0 Å². The van der Waals surface area contributed by atoms with Gasteiger partial charge in [0.15, 0.2) is 0 Å². The molecule has 0 spiro atoms. The number of hydrogen-bond acceptors (Lipinski definition) is 3. The summed E-state index contributed by atoms with van der Waals surface area (Å²) >= 11 is 0. The van der Waals surface area contributed by atoms with Gasteiger partial charge >= 0.3 is 12.1 Å². The summed E-state index contributed by atoms with van der Waals surface area (Å²) in [4.78, 5) is 26.4. The SMILES string of the molecule is Cl.O=C(O)CCCc1ccccc1.O=C=O. The molecular formula is C11H13ClO4. The van der Waals surface area contributed by atoms with Crippen LogP contribution in [0.3, 0.4) is 0 Å². The number of carbonyl (C=O) groups is 1. The number of carboxylic acid groups (broad SMARTS) is 1. The highest BCUT2D eigenvalue weighted by Crippen LogP contribution is 2.03. The Kier molecular flexibility index (Phi) is 12.0. The van der Waals surface area contributed by atoms with Crippen molar-refractivity contribution in [2.75, 3.05) is 0 Å². The molecule has 0 radical (unpaired) electrons. The van der Waals surface area contributed by atoms with Crippen LogP contribution in [0.4, 0.5) is 0 Å². The van der Waals surface area contributed by atoms with E-state index in [1.807, 2.05) is 30.3 Å². The van der Waals surface area contributed by atoms with Crippen molar-refractivity contribution in [3.8, 4) is 0 Å². The zero-order valence-corrected chi connectivity index (χ0v) is 9.40. The Hall–Kier alpha value is -1.64. The lowest BCUT2D eigenvalue weighted by molar-refractivity contribution is -0.191. The third kappa shape index (κ3) is 10.4. The van der Waals surface area contributed by atoms with E-state index in [1.165, 1.54) is 5.56 Å². The van der Waals surface area contributed by atoms with Gasteiger partial charge in [-0.1, -0.05) is 30.3 Å². The van der Waals surface area contributed by atoms with Crippen LogP contribution in [0.5, 0.6) is 0 Å². The first-order valence-corrected chi connectivity index (χ1v) is 4.45. The molecule has 0 aliphatic rings. The van der Waals surface area contributed by atoms with E-state index in [9.17, 15) is 4.79 Å². The fourth-order valence-corrected chi connectivity index (χ4v) is 1.09. The lowest BCUT2D eigenvalue weighted by Gasteiger charge is -1.97. The van der Waals surface area contributed by atoms with Crippen LogP contribution >= 0.6 is 12.4 Å². The topological polar surface area (TPSA) is 71.4 Å². The van der Waals surface area contributed by atoms with Crippen molar-refractivity contribution in [1.29, 1.82) is 0 Å². The van der Waals surface area contributed by atoms with Crippen molar-refractivity contribution in [1.82, 2.24) is 0 Å². The maximum absolute atomic E-state index is 10.2. The first-order valence-electron chi connectivity index (χ1n) is 4.45. The molecule has 0 amide bonds. The summed E-state index contributed by atoms with van der Waals surface area (Å²) in [7, 11) is 0. The highest BCUT2D eigenvalue weighted by atomic mass is 35.5. The first-order chi connectivity index (χ1) is 7.20. The van der Waals surface area contributed by atoms with Crippen molar-refractivity contribution in [3.05, 3.63) is 35.9 Å². The molecule has 1 aromatic rings. The molecule has 0 heterocycles. The maximum Gasteiger partial charge on any atom is 0.373 e. The van der Waals surface area contributed by atoms with Gasteiger partial charge in [-0.15, -0.1) is 12.4 Å². The second-order valence-corrected chi connectivity index (χ2v) is 2.82. The molecule has 0 aliphatic carbocycles. The minimum atomic E-state index is -0.717. The summed E-state index contributed by atoms with van der Waals surface area (Å²) in [5.41, 5.74) is 1.21. The molecule has 0 saturated carbocycles. The van der Waals surface area contributed by atoms with E-state index in [1.54, 1.807) is 0 Å². The molecule has 0 atom stereocenters. The Morgan fingerprint density at radius 3 is 2.12 bits per heavy atom. The van der Waals surface area contributed by atoms with Crippen molar-refractivity contribution >= 4 is 24.5 Å². The van der Waals surface area contributed by atoms with Crippen LogP contribution in [0.2, 0.25) is 0 Å². The fraction of sp³-hybridized carbons (Fsp3) is 0.273. The van der Waals surface area contributed by atoms with Gasteiger partial charge in [-0.25, -0.2) is 0 Å². The van der Waals surface area contributed by atoms with Crippen molar-refractivity contribution in [3.63, 3.8) is 0 Å². The van der Waals surface area contributed by atoms with E-state index in [-0.39, 0.29) is 25.0 Å². The Labute approximate surface area is 99.7 Å². The third-order valence-electron chi connectivity index (χ3n) is 1.70. The molecule has 1 rings (SSSR count). The molecule has 1 aromatic carbocycles. The molecule has 0 saturated heterocycles. The predicted octanol–water partition coefficient (Wildman–Crippen LogP) is 1.93. The lowest BCUT2D eigenvalue weighted by atomic mass is 10.1. The third-order valence-corrected chi connectivity index (χ3v) is 1.70. The van der Waals surface area contributed by atoms with Gasteiger partial charge in [-0.2, -0.15) is 9.59 Å². The minimum Gasteiger partial charge on any atom is -0.481 e. The molecule has 16 heavy (non-hydrogen) atoms. The van der Waals surface area contributed by atoms with E-state index in [0.717, 1.165) is 12.8 Å². The Morgan fingerprint density at radius 2 is 1.69 bits per heavy atom. The van der Waals surface area contributed by atoms with Gasteiger partial charge in [0.1, 0.15) is 0 Å². The molecule has 0 bridgehead atoms. The van der Waals surface area contributed by atoms with Gasteiger partial charge in [0.2, 0.25) is 0 Å². The lowest BCUT2D eigenvalue weighted by Crippen LogP contribution is -1.95. The fourth-order valence-electron chi connectivity index (χ4n) is 1.09. The molecule has 0 aliphatic heterocycles. The summed E-state index contributed by atoms with van der Waals surface area (Å²) < 4.78 is 0. The van der Waals surface area contributed by atoms with Crippen LogP contribution in [0, 0.1) is 0 Å². The molecule has 88 valence electrons. The molecule has 4 nitrogen and oxygen atoms in total. The van der Waals surface area contributed by atoms with E-state index in [2.05, 4.69) is 0 Å². The Balaban J connectivity index is 0. The summed E-state index contributed by atoms with van der Waals surface area (Å²) in [6.45, 7) is 0. The molecule has 0 fully saturated rings. The van der Waals surface area contributed by atoms with Crippen LogP contribution < -0.4 is 0 Å². The quantitative estimate of drug-likeness (QED) is 0.879. The standard InChI is InChI=1S/C10H12O2.CO2.ClH/c11-10(12)8-4-7-9-5-2-1-3-6-9;2-1-3;/h1-3,5-6H,4,7-8H2,(H,11,12);;1H. The average Bonchev–Trinajstić information content (AvgIpc) is 2.20. The van der Waals surface area contributed by atoms with E-state index < -0.39 is 5.97 Å². The molecule has 0 unspecified atom stereocenters. The summed E-state index contributed by atoms with van der Waals surface area (Å²) in [6.07, 6.45) is 2.08. The number of rotatable bonds is 4. The van der Waals surface area contributed by atoms with Gasteiger partial charge in [0.25, 0.3) is 0 Å². The van der Waals surface area contributed by atoms with Crippen LogP contribution in [-0.2, 0) is 20.8 Å². The highest BCUT2D eigenvalue weighted by Gasteiger charge is 1.96. The number of halogens is 1. The normalized spacial score (nSPS) is 7.75. The van der Waals surface area contributed by atoms with Crippen LogP contribution in [-0.4, -0.2) is 17.2 Å². The zero-order chi connectivity index (χ0) is 11.5. The summed E-state index contributed by atoms with van der Waals surface area (Å²) in [5, 5.41) is 8.39. The van der Waals surface area contributed by atoms with Crippen LogP contribution in [0.1, 0.15) is 18.4 Å². The highest BCUT2D eigenvalue weighted by molar-refractivity contribution is 5.85. The first kappa shape index (κ1) is 16.8. The van der Waals surface area contributed by atoms with Gasteiger partial charge in [0, 0.05) is 6.42 Å². The van der Waals surface area contributed by atoms with Gasteiger partial charge in [0.05, 0.1) is 0 Å². The van der Waals surface area contributed by atoms with E-state index >= 15 is 0 Å². The molecule has 5 heteroatoms. The van der Waals surface area contributed by atoms with Crippen LogP contribution in [0.15, 0.2) is 30.3 Å². The number of carbonyl (C=O) groups excluding carboxylic acids is 2. The van der Waals surface area contributed by atoms with Gasteiger partial charge < -0.3 is 5.11 Å². The number of aryl methyl sites for hydroxylation is 1. The summed E-state index contributed by atoms with van der Waals surface area (Å²) in [5.74, 6) is -0.717. The number of benzene rings is 1. The second-order valence-electron chi connectivity index (χ2n) is 2.82. The molecule has 0 aromatic heterocycles. The maximum atomic E-state index is 10.2. The molecular weight excluding hydrogens is 232 g/mol. The number of aliphatic carboxylic acids is 1. The minimum absolute atomic E-state index is 0. The number of carboxylic acids is 1. The second kappa shape index (κ2) is 11.4. The predicted molar refractivity (Wildman–Crippen MR) is 59.3 cm³/mol. The van der Waals surface area contributed by atoms with Crippen molar-refractivity contribution < 1.29 is 19.5 Å². The largest absolute Gasteiger partial charge is 0.481 e. The molecule has 1 N–H and O–H groups in total. The monoisotopic (exact) mass is 244 g/mol. The van der Waals surface area contributed by atoms with Crippen molar-refractivity contribution in [2.24, 2.45) is 0 Å². The van der Waals surface area contributed by atoms with Gasteiger partial charge in [-0.3, -0.25) is 4.79 Å².